The summed E-state index contributed by atoms with van der Waals surface area (Å²) in [5.41, 5.74) is 6.38. The molecule has 19 heavy (non-hydrogen) atoms. The van der Waals surface area contributed by atoms with Crippen molar-refractivity contribution >= 4 is 23.4 Å². The molecule has 1 aromatic carbocycles. The quantitative estimate of drug-likeness (QED) is 0.664. The molecule has 4 nitrogen and oxygen atoms in total. The van der Waals surface area contributed by atoms with Crippen molar-refractivity contribution in [3.8, 4) is 0 Å². The normalized spacial score (nSPS) is 10.6. The Morgan fingerprint density at radius 3 is 2.79 bits per heavy atom. The summed E-state index contributed by atoms with van der Waals surface area (Å²) in [6.45, 7) is 1.66. The highest BCUT2D eigenvalue weighted by atomic mass is 32.2. The molecule has 2 aromatic rings. The van der Waals surface area contributed by atoms with E-state index in [0.29, 0.717) is 27.7 Å². The van der Waals surface area contributed by atoms with E-state index in [1.54, 1.807) is 25.1 Å². The van der Waals surface area contributed by atoms with Crippen molar-refractivity contribution < 1.29 is 18.7 Å². The molecule has 0 aliphatic carbocycles. The monoisotopic (exact) mass is 281 g/mol. The predicted octanol–water partition coefficient (Wildman–Crippen LogP) is 3.30. The molecule has 0 fully saturated rings. The van der Waals surface area contributed by atoms with Crippen molar-refractivity contribution in [1.82, 2.24) is 0 Å². The number of nitrogen functional groups attached to an aromatic ring is 1. The van der Waals surface area contributed by atoms with Crippen LogP contribution in [-0.2, 0) is 5.75 Å². The Bertz CT molecular complexity index is 624. The van der Waals surface area contributed by atoms with Crippen molar-refractivity contribution in [2.24, 2.45) is 0 Å². The lowest BCUT2D eigenvalue weighted by Crippen LogP contribution is -1.94. The number of rotatable bonds is 4. The molecule has 1 aromatic heterocycles. The minimum absolute atomic E-state index is 0.0756. The zero-order valence-electron chi connectivity index (χ0n) is 10.1. The number of halogens is 1. The highest BCUT2D eigenvalue weighted by molar-refractivity contribution is 7.98. The van der Waals surface area contributed by atoms with Gasteiger partial charge in [0.25, 0.3) is 0 Å². The van der Waals surface area contributed by atoms with Crippen LogP contribution in [-0.4, -0.2) is 11.1 Å². The van der Waals surface area contributed by atoms with Crippen molar-refractivity contribution in [3.05, 3.63) is 47.2 Å². The maximum Gasteiger partial charge on any atom is 0.372 e. The third-order valence-electron chi connectivity index (χ3n) is 2.49. The number of hydrogen-bond donors (Lipinski definition) is 2. The minimum Gasteiger partial charge on any atom is -0.475 e. The van der Waals surface area contributed by atoms with E-state index < -0.39 is 11.8 Å². The zero-order valence-corrected chi connectivity index (χ0v) is 11.0. The summed E-state index contributed by atoms with van der Waals surface area (Å²) >= 11 is 1.23. The third-order valence-corrected chi connectivity index (χ3v) is 3.56. The Balaban J connectivity index is 2.10. The maximum absolute atomic E-state index is 13.5. The van der Waals surface area contributed by atoms with Crippen molar-refractivity contribution in [2.45, 2.75) is 17.6 Å². The fraction of sp³-hybridized carbons (Fsp3) is 0.154. The van der Waals surface area contributed by atoms with Gasteiger partial charge in [0, 0.05) is 16.1 Å². The van der Waals surface area contributed by atoms with E-state index in [4.69, 9.17) is 15.3 Å². The van der Waals surface area contributed by atoms with Crippen LogP contribution in [0.15, 0.2) is 33.6 Å². The van der Waals surface area contributed by atoms with Crippen LogP contribution in [0.4, 0.5) is 10.1 Å². The van der Waals surface area contributed by atoms with Crippen molar-refractivity contribution in [2.75, 3.05) is 5.73 Å². The Morgan fingerprint density at radius 1 is 1.47 bits per heavy atom. The molecule has 0 bridgehead atoms. The molecule has 1 heterocycles. The van der Waals surface area contributed by atoms with Crippen molar-refractivity contribution in [1.29, 1.82) is 0 Å². The molecule has 0 aliphatic rings. The smallest absolute Gasteiger partial charge is 0.372 e. The average Bonchev–Trinajstić information content (AvgIpc) is 2.69. The molecule has 3 N–H and O–H groups in total. The molecule has 0 atom stereocenters. The first-order valence-electron chi connectivity index (χ1n) is 5.48. The Hall–Kier alpha value is -1.95. The number of carbonyl (C=O) groups is 1. The first-order valence-corrected chi connectivity index (χ1v) is 6.46. The second kappa shape index (κ2) is 5.36. The minimum atomic E-state index is -1.10. The topological polar surface area (TPSA) is 76.5 Å². The van der Waals surface area contributed by atoms with Crippen LogP contribution >= 0.6 is 11.8 Å². The van der Waals surface area contributed by atoms with E-state index in [-0.39, 0.29) is 5.76 Å². The summed E-state index contributed by atoms with van der Waals surface area (Å²) < 4.78 is 18.7. The summed E-state index contributed by atoms with van der Waals surface area (Å²) in [4.78, 5) is 11.3. The molecule has 0 saturated carbocycles. The van der Waals surface area contributed by atoms with Crippen LogP contribution in [0.3, 0.4) is 0 Å². The number of anilines is 1. The number of benzene rings is 1. The molecule has 100 valence electrons. The predicted molar refractivity (Wildman–Crippen MR) is 70.8 cm³/mol. The average molecular weight is 281 g/mol. The number of aryl methyl sites for hydroxylation is 1. The lowest BCUT2D eigenvalue weighted by Gasteiger charge is -2.02. The second-order valence-electron chi connectivity index (χ2n) is 4.01. The SMILES string of the molecule is Cc1cc(CSc2ccc(N)cc2F)oc1C(=O)O. The lowest BCUT2D eigenvalue weighted by molar-refractivity contribution is 0.0659. The zero-order chi connectivity index (χ0) is 14.0. The Labute approximate surface area is 113 Å². The van der Waals surface area contributed by atoms with E-state index in [0.717, 1.165) is 0 Å². The molecular weight excluding hydrogens is 269 g/mol. The summed E-state index contributed by atoms with van der Waals surface area (Å²) in [7, 11) is 0. The molecule has 0 amide bonds. The number of nitrogens with two attached hydrogens (primary N) is 1. The van der Waals surface area contributed by atoms with Crippen LogP contribution in [0, 0.1) is 12.7 Å². The van der Waals surface area contributed by atoms with Gasteiger partial charge < -0.3 is 15.3 Å². The van der Waals surface area contributed by atoms with Crippen LogP contribution in [0.25, 0.3) is 0 Å². The number of thioether (sulfide) groups is 1. The summed E-state index contributed by atoms with van der Waals surface area (Å²) in [5, 5.41) is 8.86. The van der Waals surface area contributed by atoms with Gasteiger partial charge in [-0.3, -0.25) is 0 Å². The molecule has 0 aliphatic heterocycles. The van der Waals surface area contributed by atoms with Crippen molar-refractivity contribution in [3.63, 3.8) is 0 Å². The van der Waals surface area contributed by atoms with Gasteiger partial charge in [-0.15, -0.1) is 11.8 Å². The standard InChI is InChI=1S/C13H12FNO3S/c1-7-4-9(18-12(7)13(16)17)6-19-11-3-2-8(15)5-10(11)14/h2-5H,6,15H2,1H3,(H,16,17). The molecule has 6 heteroatoms. The van der Waals surface area contributed by atoms with Gasteiger partial charge in [-0.2, -0.15) is 0 Å². The molecule has 0 spiro atoms. The van der Waals surface area contributed by atoms with Gasteiger partial charge in [-0.1, -0.05) is 0 Å². The lowest BCUT2D eigenvalue weighted by atomic mass is 10.3. The van der Waals surface area contributed by atoms with Crippen LogP contribution in [0.1, 0.15) is 21.9 Å². The maximum atomic E-state index is 13.5. The number of furan rings is 1. The van der Waals surface area contributed by atoms with Crippen LogP contribution in [0.2, 0.25) is 0 Å². The Kier molecular flexibility index (Phi) is 3.80. The van der Waals surface area contributed by atoms with Gasteiger partial charge in [0.2, 0.25) is 5.76 Å². The van der Waals surface area contributed by atoms with E-state index in [9.17, 15) is 9.18 Å². The van der Waals surface area contributed by atoms with Crippen LogP contribution in [0.5, 0.6) is 0 Å². The second-order valence-corrected chi connectivity index (χ2v) is 5.03. The number of carboxylic acids is 1. The van der Waals surface area contributed by atoms with Gasteiger partial charge in [0.1, 0.15) is 11.6 Å². The number of carboxylic acid groups (broad SMARTS) is 1. The Morgan fingerprint density at radius 2 is 2.21 bits per heavy atom. The van der Waals surface area contributed by atoms with E-state index in [1.165, 1.54) is 17.8 Å². The van der Waals surface area contributed by atoms with E-state index >= 15 is 0 Å². The molecular formula is C13H12FNO3S. The first kappa shape index (κ1) is 13.5. The first-order chi connectivity index (χ1) is 8.97. The molecule has 2 rings (SSSR count). The van der Waals surface area contributed by atoms with E-state index in [2.05, 4.69) is 0 Å². The third kappa shape index (κ3) is 3.08. The van der Waals surface area contributed by atoms with Gasteiger partial charge in [0.15, 0.2) is 0 Å². The van der Waals surface area contributed by atoms with Gasteiger partial charge >= 0.3 is 5.97 Å². The molecule has 0 saturated heterocycles. The highest BCUT2D eigenvalue weighted by Gasteiger charge is 2.14. The largest absolute Gasteiger partial charge is 0.475 e. The van der Waals surface area contributed by atoms with Crippen LogP contribution < -0.4 is 5.73 Å². The summed E-state index contributed by atoms with van der Waals surface area (Å²) in [6.07, 6.45) is 0. The van der Waals surface area contributed by atoms with Gasteiger partial charge in [-0.25, -0.2) is 9.18 Å². The van der Waals surface area contributed by atoms with Gasteiger partial charge in [0.05, 0.1) is 5.75 Å². The fourth-order valence-corrected chi connectivity index (χ4v) is 2.42. The summed E-state index contributed by atoms with van der Waals surface area (Å²) in [5.74, 6) is -0.724. The molecule has 0 unspecified atom stereocenters. The van der Waals surface area contributed by atoms with Gasteiger partial charge in [-0.05, 0) is 31.2 Å². The fourth-order valence-electron chi connectivity index (χ4n) is 1.61. The van der Waals surface area contributed by atoms with E-state index in [1.807, 2.05) is 0 Å². The molecule has 0 radical (unpaired) electrons. The summed E-state index contributed by atoms with van der Waals surface area (Å²) in [6, 6.07) is 6.09. The highest BCUT2D eigenvalue weighted by Crippen LogP contribution is 2.28. The number of aromatic carboxylic acids is 1. The number of hydrogen-bond acceptors (Lipinski definition) is 4.